The van der Waals surface area contributed by atoms with Crippen molar-refractivity contribution in [1.29, 1.82) is 0 Å². The molecule has 0 aliphatic carbocycles. The second-order valence-electron chi connectivity index (χ2n) is 4.58. The number of halogens is 1. The van der Waals surface area contributed by atoms with Gasteiger partial charge >= 0.3 is 0 Å². The van der Waals surface area contributed by atoms with Crippen LogP contribution in [0, 0.1) is 5.92 Å². The van der Waals surface area contributed by atoms with Crippen LogP contribution in [0.2, 0.25) is 0 Å². The zero-order chi connectivity index (χ0) is 13.1. The third-order valence-electron chi connectivity index (χ3n) is 2.87. The summed E-state index contributed by atoms with van der Waals surface area (Å²) in [5, 5.41) is 0. The predicted molar refractivity (Wildman–Crippen MR) is 76.9 cm³/mol. The van der Waals surface area contributed by atoms with E-state index in [9.17, 15) is 0 Å². The molecular formula is C14H16BrN3. The number of hydrogen-bond acceptors (Lipinski definition) is 3. The molecule has 1 aromatic heterocycles. The molecule has 1 heterocycles. The molecule has 0 aliphatic rings. The van der Waals surface area contributed by atoms with Crippen molar-refractivity contribution in [3.63, 3.8) is 0 Å². The molecule has 0 bridgehead atoms. The third kappa shape index (κ3) is 2.76. The number of benzene rings is 1. The maximum atomic E-state index is 6.02. The lowest BCUT2D eigenvalue weighted by Crippen LogP contribution is -2.19. The van der Waals surface area contributed by atoms with Crippen molar-refractivity contribution >= 4 is 15.9 Å². The Hall–Kier alpha value is -1.26. The molecule has 1 unspecified atom stereocenters. The normalized spacial score (nSPS) is 12.7. The molecule has 0 aliphatic heterocycles. The molecule has 2 aromatic rings. The van der Waals surface area contributed by atoms with Crippen molar-refractivity contribution in [2.75, 3.05) is 0 Å². The topological polar surface area (TPSA) is 51.8 Å². The van der Waals surface area contributed by atoms with Crippen LogP contribution in [-0.4, -0.2) is 9.97 Å². The summed E-state index contributed by atoms with van der Waals surface area (Å²) in [6, 6.07) is 7.90. The van der Waals surface area contributed by atoms with Gasteiger partial charge in [-0.25, -0.2) is 9.97 Å². The highest BCUT2D eigenvalue weighted by molar-refractivity contribution is 9.10. The Morgan fingerprint density at radius 1 is 1.11 bits per heavy atom. The van der Waals surface area contributed by atoms with Gasteiger partial charge in [-0.15, -0.1) is 0 Å². The SMILES string of the molecule is CC(C)C(N)c1ncc(-c2ccccc2Br)cn1. The van der Waals surface area contributed by atoms with Crippen molar-refractivity contribution < 1.29 is 0 Å². The molecule has 4 heteroatoms. The van der Waals surface area contributed by atoms with Gasteiger partial charge in [-0.1, -0.05) is 48.0 Å². The van der Waals surface area contributed by atoms with Crippen LogP contribution >= 0.6 is 15.9 Å². The van der Waals surface area contributed by atoms with Crippen molar-refractivity contribution in [2.24, 2.45) is 11.7 Å². The average Bonchev–Trinajstić information content (AvgIpc) is 2.38. The summed E-state index contributed by atoms with van der Waals surface area (Å²) in [6.07, 6.45) is 3.65. The first-order valence-corrected chi connectivity index (χ1v) is 6.71. The fourth-order valence-electron chi connectivity index (χ4n) is 1.64. The van der Waals surface area contributed by atoms with Gasteiger partial charge in [0.25, 0.3) is 0 Å². The first-order valence-electron chi connectivity index (χ1n) is 5.92. The van der Waals surface area contributed by atoms with Crippen LogP contribution in [0.5, 0.6) is 0 Å². The lowest BCUT2D eigenvalue weighted by molar-refractivity contribution is 0.490. The van der Waals surface area contributed by atoms with Gasteiger partial charge in [-0.2, -0.15) is 0 Å². The Balaban J connectivity index is 2.31. The molecule has 3 nitrogen and oxygen atoms in total. The number of hydrogen-bond donors (Lipinski definition) is 1. The molecule has 1 aromatic carbocycles. The van der Waals surface area contributed by atoms with Gasteiger partial charge in [-0.3, -0.25) is 0 Å². The number of aromatic nitrogens is 2. The zero-order valence-corrected chi connectivity index (χ0v) is 12.1. The van der Waals surface area contributed by atoms with Crippen molar-refractivity contribution in [1.82, 2.24) is 9.97 Å². The molecule has 94 valence electrons. The van der Waals surface area contributed by atoms with Gasteiger partial charge in [0.2, 0.25) is 0 Å². The van der Waals surface area contributed by atoms with E-state index in [0.29, 0.717) is 11.7 Å². The largest absolute Gasteiger partial charge is 0.321 e. The molecule has 0 amide bonds. The maximum Gasteiger partial charge on any atom is 0.145 e. The minimum atomic E-state index is -0.113. The zero-order valence-electron chi connectivity index (χ0n) is 10.5. The Morgan fingerprint density at radius 3 is 2.28 bits per heavy atom. The second kappa shape index (κ2) is 5.59. The van der Waals surface area contributed by atoms with Crippen LogP contribution in [0.15, 0.2) is 41.1 Å². The van der Waals surface area contributed by atoms with E-state index in [0.717, 1.165) is 15.6 Å². The van der Waals surface area contributed by atoms with Crippen LogP contribution in [0.3, 0.4) is 0 Å². The van der Waals surface area contributed by atoms with E-state index in [1.54, 1.807) is 0 Å². The minimum absolute atomic E-state index is 0.113. The smallest absolute Gasteiger partial charge is 0.145 e. The molecule has 0 fully saturated rings. The van der Waals surface area contributed by atoms with E-state index in [4.69, 9.17) is 5.73 Å². The molecule has 0 saturated heterocycles. The van der Waals surface area contributed by atoms with Gasteiger partial charge in [0.05, 0.1) is 6.04 Å². The lowest BCUT2D eigenvalue weighted by atomic mass is 10.0. The summed E-state index contributed by atoms with van der Waals surface area (Å²) in [6.45, 7) is 4.13. The first-order chi connectivity index (χ1) is 8.59. The van der Waals surface area contributed by atoms with Crippen molar-refractivity contribution in [3.05, 3.63) is 47.0 Å². The fraction of sp³-hybridized carbons (Fsp3) is 0.286. The molecule has 1 atom stereocenters. The summed E-state index contributed by atoms with van der Waals surface area (Å²) in [5.74, 6) is 1.03. The van der Waals surface area contributed by atoms with Gasteiger partial charge < -0.3 is 5.73 Å². The highest BCUT2D eigenvalue weighted by atomic mass is 79.9. The monoisotopic (exact) mass is 305 g/mol. The van der Waals surface area contributed by atoms with Crippen LogP contribution < -0.4 is 5.73 Å². The van der Waals surface area contributed by atoms with Crippen LogP contribution in [0.1, 0.15) is 25.7 Å². The predicted octanol–water partition coefficient (Wildman–Crippen LogP) is 3.56. The third-order valence-corrected chi connectivity index (χ3v) is 3.56. The number of nitrogens with two attached hydrogens (primary N) is 1. The standard InChI is InChI=1S/C14H16BrN3/c1-9(2)13(16)14-17-7-10(8-18-14)11-5-3-4-6-12(11)15/h3-9,13H,16H2,1-2H3. The van der Waals surface area contributed by atoms with Gasteiger partial charge in [-0.05, 0) is 17.5 Å². The number of rotatable bonds is 3. The Bertz CT molecular complexity index is 523. The van der Waals surface area contributed by atoms with Gasteiger partial charge in [0, 0.05) is 22.4 Å². The summed E-state index contributed by atoms with van der Waals surface area (Å²) in [4.78, 5) is 8.72. The van der Waals surface area contributed by atoms with Crippen LogP contribution in [0.25, 0.3) is 11.1 Å². The second-order valence-corrected chi connectivity index (χ2v) is 5.43. The Labute approximate surface area is 116 Å². The van der Waals surface area contributed by atoms with E-state index >= 15 is 0 Å². The molecule has 0 radical (unpaired) electrons. The molecular weight excluding hydrogens is 290 g/mol. The fourth-order valence-corrected chi connectivity index (χ4v) is 2.16. The summed E-state index contributed by atoms with van der Waals surface area (Å²) < 4.78 is 1.04. The van der Waals surface area contributed by atoms with Crippen molar-refractivity contribution in [3.8, 4) is 11.1 Å². The molecule has 0 spiro atoms. The molecule has 2 N–H and O–H groups in total. The number of nitrogens with zero attached hydrogens (tertiary/aromatic N) is 2. The van der Waals surface area contributed by atoms with E-state index in [-0.39, 0.29) is 6.04 Å². The highest BCUT2D eigenvalue weighted by Crippen LogP contribution is 2.27. The first kappa shape index (κ1) is 13.2. The molecule has 0 saturated carbocycles. The quantitative estimate of drug-likeness (QED) is 0.943. The summed E-state index contributed by atoms with van der Waals surface area (Å²) in [5.41, 5.74) is 8.10. The van der Waals surface area contributed by atoms with Crippen molar-refractivity contribution in [2.45, 2.75) is 19.9 Å². The Kier molecular flexibility index (Phi) is 4.09. The van der Waals surface area contributed by atoms with E-state index in [2.05, 4.69) is 39.7 Å². The van der Waals surface area contributed by atoms with Gasteiger partial charge in [0.15, 0.2) is 0 Å². The maximum absolute atomic E-state index is 6.02. The minimum Gasteiger partial charge on any atom is -0.321 e. The highest BCUT2D eigenvalue weighted by Gasteiger charge is 2.13. The van der Waals surface area contributed by atoms with E-state index < -0.39 is 0 Å². The van der Waals surface area contributed by atoms with Crippen LogP contribution in [0.4, 0.5) is 0 Å². The summed E-state index contributed by atoms with van der Waals surface area (Å²) >= 11 is 3.52. The average molecular weight is 306 g/mol. The lowest BCUT2D eigenvalue weighted by Gasteiger charge is -2.14. The molecule has 2 rings (SSSR count). The van der Waals surface area contributed by atoms with E-state index in [1.165, 1.54) is 0 Å². The Morgan fingerprint density at radius 2 is 1.72 bits per heavy atom. The van der Waals surface area contributed by atoms with E-state index in [1.807, 2.05) is 36.7 Å². The van der Waals surface area contributed by atoms with Crippen LogP contribution in [-0.2, 0) is 0 Å². The molecule has 18 heavy (non-hydrogen) atoms. The summed E-state index contributed by atoms with van der Waals surface area (Å²) in [7, 11) is 0. The van der Waals surface area contributed by atoms with Gasteiger partial charge in [0.1, 0.15) is 5.82 Å².